The Hall–Kier alpha value is -1.33. The van der Waals surface area contributed by atoms with E-state index in [0.717, 1.165) is 10.0 Å². The molecule has 1 heterocycles. The van der Waals surface area contributed by atoms with E-state index >= 15 is 0 Å². The Labute approximate surface area is 126 Å². The molecule has 0 atom stereocenters. The van der Waals surface area contributed by atoms with E-state index in [2.05, 4.69) is 33.5 Å². The van der Waals surface area contributed by atoms with E-state index in [1.807, 2.05) is 24.3 Å². The van der Waals surface area contributed by atoms with Crippen molar-refractivity contribution in [1.82, 2.24) is 9.88 Å². The van der Waals surface area contributed by atoms with Gasteiger partial charge in [0.2, 0.25) is 0 Å². The summed E-state index contributed by atoms with van der Waals surface area (Å²) in [6.45, 7) is 0.524. The standard InChI is InChI=1S/C14H13BrN2OS/c1-17(9-10-3-2-6-16-8-10)14(18)12-5-4-11(15)7-13(12)19/h2-8,19H,9H2,1H3. The second-order valence-electron chi connectivity index (χ2n) is 4.18. The van der Waals surface area contributed by atoms with Crippen molar-refractivity contribution in [2.24, 2.45) is 0 Å². The smallest absolute Gasteiger partial charge is 0.255 e. The van der Waals surface area contributed by atoms with Crippen LogP contribution in [0.4, 0.5) is 0 Å². The zero-order valence-electron chi connectivity index (χ0n) is 10.4. The third kappa shape index (κ3) is 3.58. The topological polar surface area (TPSA) is 33.2 Å². The fraction of sp³-hybridized carbons (Fsp3) is 0.143. The third-order valence-electron chi connectivity index (χ3n) is 2.68. The van der Waals surface area contributed by atoms with Crippen LogP contribution in [0, 0.1) is 0 Å². The Kier molecular flexibility index (Phi) is 4.61. The molecule has 0 spiro atoms. The van der Waals surface area contributed by atoms with E-state index in [1.165, 1.54) is 0 Å². The molecule has 1 aromatic heterocycles. The van der Waals surface area contributed by atoms with Gasteiger partial charge in [-0.3, -0.25) is 9.78 Å². The first-order valence-electron chi connectivity index (χ1n) is 5.71. The number of halogens is 1. The van der Waals surface area contributed by atoms with Crippen LogP contribution in [0.15, 0.2) is 52.1 Å². The van der Waals surface area contributed by atoms with Gasteiger partial charge in [-0.25, -0.2) is 0 Å². The third-order valence-corrected chi connectivity index (χ3v) is 3.54. The summed E-state index contributed by atoms with van der Waals surface area (Å²) in [6, 6.07) is 9.23. The average Bonchev–Trinajstić information content (AvgIpc) is 2.39. The number of thiol groups is 1. The van der Waals surface area contributed by atoms with Gasteiger partial charge in [-0.1, -0.05) is 22.0 Å². The summed E-state index contributed by atoms with van der Waals surface area (Å²) < 4.78 is 0.906. The van der Waals surface area contributed by atoms with E-state index in [4.69, 9.17) is 0 Å². The summed E-state index contributed by atoms with van der Waals surface area (Å²) in [5.74, 6) is -0.0543. The van der Waals surface area contributed by atoms with Crippen LogP contribution in [0.25, 0.3) is 0 Å². The maximum absolute atomic E-state index is 12.3. The molecule has 0 radical (unpaired) electrons. The minimum Gasteiger partial charge on any atom is -0.337 e. The zero-order valence-corrected chi connectivity index (χ0v) is 12.9. The summed E-state index contributed by atoms with van der Waals surface area (Å²) in [5.41, 5.74) is 1.59. The van der Waals surface area contributed by atoms with Crippen LogP contribution in [0.3, 0.4) is 0 Å². The van der Waals surface area contributed by atoms with Gasteiger partial charge in [0, 0.05) is 35.4 Å². The van der Waals surface area contributed by atoms with Gasteiger partial charge < -0.3 is 4.90 Å². The Morgan fingerprint density at radius 2 is 2.21 bits per heavy atom. The summed E-state index contributed by atoms with van der Waals surface area (Å²) in [4.78, 5) is 18.7. The highest BCUT2D eigenvalue weighted by Crippen LogP contribution is 2.21. The van der Waals surface area contributed by atoms with E-state index in [-0.39, 0.29) is 5.91 Å². The molecule has 0 bridgehead atoms. The van der Waals surface area contributed by atoms with Crippen LogP contribution >= 0.6 is 28.6 Å². The Bertz CT molecular complexity index is 589. The van der Waals surface area contributed by atoms with Crippen molar-refractivity contribution in [1.29, 1.82) is 0 Å². The lowest BCUT2D eigenvalue weighted by molar-refractivity contribution is 0.0781. The first-order chi connectivity index (χ1) is 9.08. The summed E-state index contributed by atoms with van der Waals surface area (Å²) in [5, 5.41) is 0. The van der Waals surface area contributed by atoms with Crippen LogP contribution in [-0.4, -0.2) is 22.8 Å². The number of hydrogen-bond donors (Lipinski definition) is 1. The van der Waals surface area contributed by atoms with Crippen LogP contribution < -0.4 is 0 Å². The quantitative estimate of drug-likeness (QED) is 0.871. The maximum atomic E-state index is 12.3. The normalized spacial score (nSPS) is 10.3. The highest BCUT2D eigenvalue weighted by molar-refractivity contribution is 9.10. The van der Waals surface area contributed by atoms with Gasteiger partial charge in [-0.2, -0.15) is 0 Å². The molecule has 0 saturated heterocycles. The lowest BCUT2D eigenvalue weighted by Gasteiger charge is -2.18. The van der Waals surface area contributed by atoms with Gasteiger partial charge in [-0.05, 0) is 29.8 Å². The van der Waals surface area contributed by atoms with Gasteiger partial charge in [0.25, 0.3) is 5.91 Å². The van der Waals surface area contributed by atoms with Crippen LogP contribution in [0.1, 0.15) is 15.9 Å². The Morgan fingerprint density at radius 1 is 1.42 bits per heavy atom. The van der Waals surface area contributed by atoms with Crippen molar-refractivity contribution in [2.45, 2.75) is 11.4 Å². The van der Waals surface area contributed by atoms with Crippen molar-refractivity contribution >= 4 is 34.5 Å². The number of carbonyl (C=O) groups is 1. The molecule has 2 aromatic rings. The predicted molar refractivity (Wildman–Crippen MR) is 81.4 cm³/mol. The van der Waals surface area contributed by atoms with Crippen molar-refractivity contribution in [3.05, 3.63) is 58.3 Å². The van der Waals surface area contributed by atoms with Gasteiger partial charge in [0.15, 0.2) is 0 Å². The number of nitrogens with zero attached hydrogens (tertiary/aromatic N) is 2. The van der Waals surface area contributed by atoms with Gasteiger partial charge in [0.1, 0.15) is 0 Å². The lowest BCUT2D eigenvalue weighted by Crippen LogP contribution is -2.26. The molecule has 98 valence electrons. The van der Waals surface area contributed by atoms with Gasteiger partial charge in [-0.15, -0.1) is 12.6 Å². The number of aromatic nitrogens is 1. The van der Waals surface area contributed by atoms with Crippen LogP contribution in [0.5, 0.6) is 0 Å². The largest absolute Gasteiger partial charge is 0.337 e. The molecule has 0 fully saturated rings. The molecule has 19 heavy (non-hydrogen) atoms. The van der Waals surface area contributed by atoms with E-state index < -0.39 is 0 Å². The second kappa shape index (κ2) is 6.21. The second-order valence-corrected chi connectivity index (χ2v) is 5.58. The summed E-state index contributed by atoms with van der Waals surface area (Å²) in [6.07, 6.45) is 3.47. The molecular weight excluding hydrogens is 324 g/mol. The van der Waals surface area contributed by atoms with Gasteiger partial charge in [0.05, 0.1) is 5.56 Å². The van der Waals surface area contributed by atoms with E-state index in [1.54, 1.807) is 30.4 Å². The predicted octanol–water partition coefficient (Wildman–Crippen LogP) is 3.41. The van der Waals surface area contributed by atoms with Crippen LogP contribution in [0.2, 0.25) is 0 Å². The van der Waals surface area contributed by atoms with E-state index in [9.17, 15) is 4.79 Å². The molecule has 0 saturated carbocycles. The fourth-order valence-corrected chi connectivity index (χ4v) is 2.58. The van der Waals surface area contributed by atoms with Crippen molar-refractivity contribution in [3.8, 4) is 0 Å². The monoisotopic (exact) mass is 336 g/mol. The molecule has 1 aromatic carbocycles. The maximum Gasteiger partial charge on any atom is 0.255 e. The SMILES string of the molecule is CN(Cc1cccnc1)C(=O)c1ccc(Br)cc1S. The Morgan fingerprint density at radius 3 is 2.84 bits per heavy atom. The number of rotatable bonds is 3. The van der Waals surface area contributed by atoms with Gasteiger partial charge >= 0.3 is 0 Å². The molecule has 0 unspecified atom stereocenters. The van der Waals surface area contributed by atoms with Crippen molar-refractivity contribution in [2.75, 3.05) is 7.05 Å². The molecule has 0 aliphatic carbocycles. The minimum absolute atomic E-state index is 0.0543. The highest BCUT2D eigenvalue weighted by atomic mass is 79.9. The molecule has 0 aliphatic heterocycles. The highest BCUT2D eigenvalue weighted by Gasteiger charge is 2.14. The van der Waals surface area contributed by atoms with Crippen LogP contribution in [-0.2, 0) is 6.54 Å². The zero-order chi connectivity index (χ0) is 13.8. The Balaban J connectivity index is 2.15. The fourth-order valence-electron chi connectivity index (χ4n) is 1.73. The summed E-state index contributed by atoms with van der Waals surface area (Å²) in [7, 11) is 1.77. The number of pyridine rings is 1. The number of hydrogen-bond acceptors (Lipinski definition) is 3. The first kappa shape index (κ1) is 14.1. The average molecular weight is 337 g/mol. The number of amides is 1. The molecule has 5 heteroatoms. The molecule has 0 aliphatic rings. The minimum atomic E-state index is -0.0543. The summed E-state index contributed by atoms with van der Waals surface area (Å²) >= 11 is 7.69. The molecule has 2 rings (SSSR count). The molecular formula is C14H13BrN2OS. The first-order valence-corrected chi connectivity index (χ1v) is 6.95. The lowest BCUT2D eigenvalue weighted by atomic mass is 10.2. The molecule has 3 nitrogen and oxygen atoms in total. The molecule has 1 amide bonds. The number of carbonyl (C=O) groups excluding carboxylic acids is 1. The number of benzene rings is 1. The van der Waals surface area contributed by atoms with Crippen molar-refractivity contribution < 1.29 is 4.79 Å². The molecule has 0 N–H and O–H groups in total. The van der Waals surface area contributed by atoms with Crippen molar-refractivity contribution in [3.63, 3.8) is 0 Å². The van der Waals surface area contributed by atoms with E-state index in [0.29, 0.717) is 17.0 Å².